The van der Waals surface area contributed by atoms with E-state index in [0.717, 1.165) is 0 Å². The lowest BCUT2D eigenvalue weighted by Gasteiger charge is -2.53. The second-order valence-electron chi connectivity index (χ2n) is 6.60. The number of hydrogen-bond acceptors (Lipinski definition) is 7. The van der Waals surface area contributed by atoms with Gasteiger partial charge >= 0.3 is 17.9 Å². The molecule has 1 fully saturated rings. The summed E-state index contributed by atoms with van der Waals surface area (Å²) in [6, 6.07) is 0. The number of esters is 3. The van der Waals surface area contributed by atoms with Crippen LogP contribution in [0.5, 0.6) is 0 Å². The van der Waals surface area contributed by atoms with Gasteiger partial charge in [-0.2, -0.15) is 0 Å². The van der Waals surface area contributed by atoms with Gasteiger partial charge in [0.2, 0.25) is 0 Å². The number of fused-ring (bicyclic) bond motifs is 2. The van der Waals surface area contributed by atoms with Gasteiger partial charge in [0.25, 0.3) is 0 Å². The van der Waals surface area contributed by atoms with Gasteiger partial charge in [0.05, 0.1) is 37.7 Å². The molecule has 0 aromatic carbocycles. The quantitative estimate of drug-likeness (QED) is 0.563. The molecule has 0 aromatic rings. The average molecular weight is 324 g/mol. The molecule has 0 amide bonds. The predicted molar refractivity (Wildman–Crippen MR) is 77.1 cm³/mol. The number of hydrogen-bond donors (Lipinski definition) is 0. The molecule has 2 bridgehead atoms. The van der Waals surface area contributed by atoms with Gasteiger partial charge in [0, 0.05) is 6.92 Å². The number of methoxy groups -OCH3 is 2. The van der Waals surface area contributed by atoms with Crippen molar-refractivity contribution in [3.8, 4) is 0 Å². The van der Waals surface area contributed by atoms with Crippen molar-refractivity contribution in [1.82, 2.24) is 0 Å². The molecule has 7 nitrogen and oxygen atoms in total. The van der Waals surface area contributed by atoms with E-state index >= 15 is 0 Å². The Balaban J connectivity index is 2.80. The predicted octanol–water partition coefficient (Wildman–Crippen LogP) is 0.950. The first-order valence-corrected chi connectivity index (χ1v) is 7.23. The zero-order chi connectivity index (χ0) is 17.6. The topological polar surface area (TPSA) is 96.0 Å². The van der Waals surface area contributed by atoms with E-state index in [9.17, 15) is 19.2 Å². The van der Waals surface area contributed by atoms with E-state index in [-0.39, 0.29) is 29.8 Å². The largest absolute Gasteiger partial charge is 0.466 e. The molecule has 0 aliphatic heterocycles. The maximum absolute atomic E-state index is 12.6. The van der Waals surface area contributed by atoms with Crippen LogP contribution in [0.25, 0.3) is 0 Å². The van der Waals surface area contributed by atoms with E-state index in [0.29, 0.717) is 0 Å². The Hall–Kier alpha value is -2.18. The molecular weight excluding hydrogens is 304 g/mol. The number of ether oxygens (including phenoxy) is 3. The van der Waals surface area contributed by atoms with Crippen LogP contribution in [0.4, 0.5) is 0 Å². The third-order valence-corrected chi connectivity index (χ3v) is 4.45. The first-order chi connectivity index (χ1) is 10.6. The smallest absolute Gasteiger partial charge is 0.338 e. The normalized spacial score (nSPS) is 28.4. The first-order valence-electron chi connectivity index (χ1n) is 7.23. The average Bonchev–Trinajstić information content (AvgIpc) is 2.42. The van der Waals surface area contributed by atoms with Crippen LogP contribution in [-0.4, -0.2) is 43.5 Å². The molecule has 1 saturated carbocycles. The van der Waals surface area contributed by atoms with E-state index < -0.39 is 34.8 Å². The summed E-state index contributed by atoms with van der Waals surface area (Å²) < 4.78 is 14.9. The lowest BCUT2D eigenvalue weighted by atomic mass is 9.52. The summed E-state index contributed by atoms with van der Waals surface area (Å²) in [5, 5.41) is 0. The molecule has 3 aliphatic carbocycles. The zero-order valence-electron chi connectivity index (χ0n) is 13.8. The van der Waals surface area contributed by atoms with Crippen molar-refractivity contribution in [3.05, 3.63) is 11.1 Å². The second-order valence-corrected chi connectivity index (χ2v) is 6.60. The fourth-order valence-corrected chi connectivity index (χ4v) is 3.96. The van der Waals surface area contributed by atoms with Gasteiger partial charge in [0.15, 0.2) is 5.60 Å². The van der Waals surface area contributed by atoms with E-state index in [1.807, 2.05) is 0 Å². The van der Waals surface area contributed by atoms with E-state index in [1.54, 1.807) is 13.8 Å². The summed E-state index contributed by atoms with van der Waals surface area (Å²) in [6.07, 6.45) is 0.104. The highest BCUT2D eigenvalue weighted by Gasteiger charge is 2.64. The lowest BCUT2D eigenvalue weighted by molar-refractivity contribution is -0.172. The van der Waals surface area contributed by atoms with Gasteiger partial charge in [-0.3, -0.25) is 9.59 Å². The summed E-state index contributed by atoms with van der Waals surface area (Å²) in [5.41, 5.74) is -2.29. The highest BCUT2D eigenvalue weighted by atomic mass is 16.6. The molecule has 2 unspecified atom stereocenters. The number of ketones is 1. The van der Waals surface area contributed by atoms with E-state index in [4.69, 9.17) is 14.2 Å². The van der Waals surface area contributed by atoms with Crippen molar-refractivity contribution in [2.75, 3.05) is 14.2 Å². The van der Waals surface area contributed by atoms with Crippen LogP contribution in [0, 0.1) is 11.3 Å². The molecule has 0 spiro atoms. The minimum absolute atomic E-state index is 0.0619. The Morgan fingerprint density at radius 2 is 1.65 bits per heavy atom. The molecular formula is C16H20O7. The Morgan fingerprint density at radius 3 is 2.09 bits per heavy atom. The molecule has 126 valence electrons. The minimum Gasteiger partial charge on any atom is -0.466 e. The summed E-state index contributed by atoms with van der Waals surface area (Å²) in [7, 11) is 2.34. The highest BCUT2D eigenvalue weighted by Crippen LogP contribution is 2.57. The van der Waals surface area contributed by atoms with Gasteiger partial charge in [-0.25, -0.2) is 9.59 Å². The van der Waals surface area contributed by atoms with Gasteiger partial charge < -0.3 is 14.2 Å². The van der Waals surface area contributed by atoms with Crippen LogP contribution < -0.4 is 0 Å². The van der Waals surface area contributed by atoms with Gasteiger partial charge in [0.1, 0.15) is 5.78 Å². The van der Waals surface area contributed by atoms with Crippen molar-refractivity contribution in [3.63, 3.8) is 0 Å². The number of carbonyl (C=O) groups excluding carboxylic acids is 4. The van der Waals surface area contributed by atoms with Gasteiger partial charge in [-0.05, 0) is 11.8 Å². The molecule has 3 aliphatic rings. The third-order valence-electron chi connectivity index (χ3n) is 4.45. The fraction of sp³-hybridized carbons (Fsp3) is 0.625. The Kier molecular flexibility index (Phi) is 4.09. The SMILES string of the molecule is COC(=O)C1=C(C(=O)OC)C2(OC(C)=O)CC(=O)C1C(C)(C)C2. The summed E-state index contributed by atoms with van der Waals surface area (Å²) >= 11 is 0. The van der Waals surface area contributed by atoms with E-state index in [2.05, 4.69) is 0 Å². The second kappa shape index (κ2) is 5.47. The molecule has 0 N–H and O–H groups in total. The van der Waals surface area contributed by atoms with Crippen molar-refractivity contribution in [2.24, 2.45) is 11.3 Å². The number of Topliss-reactive ketones (excluding diaryl/α,β-unsaturated/α-hetero) is 1. The monoisotopic (exact) mass is 324 g/mol. The molecule has 0 aromatic heterocycles. The fourth-order valence-electron chi connectivity index (χ4n) is 3.96. The molecule has 0 radical (unpaired) electrons. The molecule has 2 atom stereocenters. The van der Waals surface area contributed by atoms with Crippen LogP contribution >= 0.6 is 0 Å². The maximum Gasteiger partial charge on any atom is 0.338 e. The molecule has 7 heteroatoms. The van der Waals surface area contributed by atoms with Crippen LogP contribution in [0.15, 0.2) is 11.1 Å². The lowest BCUT2D eigenvalue weighted by Crippen LogP contribution is -2.60. The standard InChI is InChI=1S/C16H20O7/c1-8(17)23-16-6-9(18)11(15(2,3)7-16)10(13(19)21-4)12(16)14(20)22-5/h11H,6-7H2,1-5H3. The zero-order valence-corrected chi connectivity index (χ0v) is 13.8. The van der Waals surface area contributed by atoms with Crippen LogP contribution in [0.1, 0.15) is 33.6 Å². The van der Waals surface area contributed by atoms with E-state index in [1.165, 1.54) is 21.1 Å². The van der Waals surface area contributed by atoms with Crippen molar-refractivity contribution >= 4 is 23.7 Å². The molecule has 3 rings (SSSR count). The summed E-state index contributed by atoms with van der Waals surface area (Å²) in [6.45, 7) is 4.79. The van der Waals surface area contributed by atoms with Crippen molar-refractivity contribution in [1.29, 1.82) is 0 Å². The first kappa shape index (κ1) is 17.2. The Morgan fingerprint density at radius 1 is 1.09 bits per heavy atom. The summed E-state index contributed by atoms with van der Waals surface area (Å²) in [4.78, 5) is 48.7. The van der Waals surface area contributed by atoms with Gasteiger partial charge in [-0.1, -0.05) is 13.8 Å². The molecule has 23 heavy (non-hydrogen) atoms. The molecule has 0 saturated heterocycles. The summed E-state index contributed by atoms with van der Waals surface area (Å²) in [5.74, 6) is -3.26. The van der Waals surface area contributed by atoms with Crippen LogP contribution in [0.3, 0.4) is 0 Å². The van der Waals surface area contributed by atoms with Crippen LogP contribution in [0.2, 0.25) is 0 Å². The van der Waals surface area contributed by atoms with Gasteiger partial charge in [-0.15, -0.1) is 0 Å². The van der Waals surface area contributed by atoms with Crippen molar-refractivity contribution < 1.29 is 33.4 Å². The van der Waals surface area contributed by atoms with Crippen molar-refractivity contribution in [2.45, 2.75) is 39.2 Å². The Labute approximate surface area is 133 Å². The maximum atomic E-state index is 12.6. The third kappa shape index (κ3) is 2.54. The molecule has 0 heterocycles. The number of carbonyl (C=O) groups is 4. The Bertz CT molecular complexity index is 628. The number of rotatable bonds is 3. The van der Waals surface area contributed by atoms with Crippen LogP contribution in [-0.2, 0) is 33.4 Å². The highest BCUT2D eigenvalue weighted by molar-refractivity contribution is 6.10. The minimum atomic E-state index is -1.49.